The van der Waals surface area contributed by atoms with Gasteiger partial charge in [0.05, 0.1) is 5.69 Å². The van der Waals surface area contributed by atoms with Crippen molar-refractivity contribution in [3.05, 3.63) is 17.8 Å². The predicted molar refractivity (Wildman–Crippen MR) is 77.8 cm³/mol. The van der Waals surface area contributed by atoms with Gasteiger partial charge in [0.2, 0.25) is 0 Å². The molecule has 0 aromatic carbocycles. The third-order valence-corrected chi connectivity index (χ3v) is 4.20. The average molecular weight is 247 g/mol. The predicted octanol–water partition coefficient (Wildman–Crippen LogP) is 3.23. The van der Waals surface area contributed by atoms with Crippen LogP contribution in [0.3, 0.4) is 0 Å². The molecule has 1 aromatic rings. The largest absolute Gasteiger partial charge is 0.396 e. The van der Waals surface area contributed by atoms with E-state index in [1.165, 1.54) is 19.3 Å². The summed E-state index contributed by atoms with van der Waals surface area (Å²) < 4.78 is 0. The molecule has 1 aliphatic rings. The quantitative estimate of drug-likeness (QED) is 0.872. The van der Waals surface area contributed by atoms with E-state index < -0.39 is 0 Å². The number of nitrogen functional groups attached to an aromatic ring is 1. The number of pyridine rings is 1. The molecule has 0 aliphatic carbocycles. The molecule has 1 saturated heterocycles. The van der Waals surface area contributed by atoms with Crippen molar-refractivity contribution in [2.45, 2.75) is 40.0 Å². The van der Waals surface area contributed by atoms with E-state index in [0.29, 0.717) is 0 Å². The van der Waals surface area contributed by atoms with Crippen LogP contribution in [0.25, 0.3) is 0 Å². The minimum Gasteiger partial charge on any atom is -0.396 e. The van der Waals surface area contributed by atoms with Crippen molar-refractivity contribution in [2.24, 2.45) is 11.8 Å². The van der Waals surface area contributed by atoms with Crippen LogP contribution in [0.5, 0.6) is 0 Å². The molecule has 1 aromatic heterocycles. The smallest absolute Gasteiger partial charge is 0.152 e. The van der Waals surface area contributed by atoms with Crippen molar-refractivity contribution in [1.29, 1.82) is 0 Å². The van der Waals surface area contributed by atoms with Crippen molar-refractivity contribution in [3.63, 3.8) is 0 Å². The van der Waals surface area contributed by atoms with Crippen molar-refractivity contribution in [2.75, 3.05) is 23.7 Å². The molecule has 18 heavy (non-hydrogen) atoms. The van der Waals surface area contributed by atoms with E-state index in [-0.39, 0.29) is 0 Å². The van der Waals surface area contributed by atoms with Crippen LogP contribution in [0.1, 0.15) is 38.7 Å². The Morgan fingerprint density at radius 3 is 2.83 bits per heavy atom. The standard InChI is InChI=1S/C15H25N3/c1-11(2)13-5-4-9-18(10-7-13)15-14(16)12(3)6-8-17-15/h6,8,11,13H,4-5,7,9-10,16H2,1-3H3. The molecule has 1 atom stereocenters. The van der Waals surface area contributed by atoms with Gasteiger partial charge in [-0.15, -0.1) is 0 Å². The van der Waals surface area contributed by atoms with Gasteiger partial charge in [-0.3, -0.25) is 0 Å². The highest BCUT2D eigenvalue weighted by Gasteiger charge is 2.21. The van der Waals surface area contributed by atoms with E-state index in [2.05, 4.69) is 30.7 Å². The highest BCUT2D eigenvalue weighted by atomic mass is 15.2. The number of rotatable bonds is 2. The Morgan fingerprint density at radius 2 is 2.11 bits per heavy atom. The highest BCUT2D eigenvalue weighted by Crippen LogP contribution is 2.29. The Bertz CT molecular complexity index is 401. The van der Waals surface area contributed by atoms with Gasteiger partial charge in [-0.2, -0.15) is 0 Å². The summed E-state index contributed by atoms with van der Waals surface area (Å²) in [5.41, 5.74) is 8.13. The molecule has 0 amide bonds. The van der Waals surface area contributed by atoms with Crippen molar-refractivity contribution < 1.29 is 0 Å². The molecular weight excluding hydrogens is 222 g/mol. The molecule has 100 valence electrons. The normalized spacial score (nSPS) is 21.1. The molecule has 3 heteroatoms. The summed E-state index contributed by atoms with van der Waals surface area (Å²) in [7, 11) is 0. The number of nitrogens with two attached hydrogens (primary N) is 1. The van der Waals surface area contributed by atoms with Crippen LogP contribution in [-0.4, -0.2) is 18.1 Å². The van der Waals surface area contributed by atoms with E-state index in [0.717, 1.165) is 42.0 Å². The van der Waals surface area contributed by atoms with Crippen LogP contribution in [-0.2, 0) is 0 Å². The first-order valence-corrected chi connectivity index (χ1v) is 7.05. The second kappa shape index (κ2) is 5.59. The number of aryl methyl sites for hydroxylation is 1. The SMILES string of the molecule is Cc1ccnc(N2CCCC(C(C)C)CC2)c1N. The molecule has 2 heterocycles. The van der Waals surface area contributed by atoms with Gasteiger partial charge in [0.1, 0.15) is 0 Å². The summed E-state index contributed by atoms with van der Waals surface area (Å²) in [5, 5.41) is 0. The minimum atomic E-state index is 0.785. The fraction of sp³-hybridized carbons (Fsp3) is 0.667. The Balaban J connectivity index is 2.12. The van der Waals surface area contributed by atoms with Crippen LogP contribution < -0.4 is 10.6 Å². The average Bonchev–Trinajstić information content (AvgIpc) is 2.58. The third-order valence-electron chi connectivity index (χ3n) is 4.20. The van der Waals surface area contributed by atoms with Gasteiger partial charge in [0.15, 0.2) is 5.82 Å². The topological polar surface area (TPSA) is 42.2 Å². The second-order valence-corrected chi connectivity index (χ2v) is 5.79. The lowest BCUT2D eigenvalue weighted by Crippen LogP contribution is -2.26. The van der Waals surface area contributed by atoms with E-state index in [9.17, 15) is 0 Å². The van der Waals surface area contributed by atoms with Crippen LogP contribution in [0.2, 0.25) is 0 Å². The number of anilines is 2. The Hall–Kier alpha value is -1.25. The van der Waals surface area contributed by atoms with Gasteiger partial charge in [0.25, 0.3) is 0 Å². The first-order valence-electron chi connectivity index (χ1n) is 7.05. The van der Waals surface area contributed by atoms with Gasteiger partial charge in [0, 0.05) is 19.3 Å². The third kappa shape index (κ3) is 2.77. The Labute approximate surface area is 110 Å². The van der Waals surface area contributed by atoms with Crippen molar-refractivity contribution in [3.8, 4) is 0 Å². The first kappa shape index (κ1) is 13.2. The monoisotopic (exact) mass is 247 g/mol. The molecule has 0 spiro atoms. The zero-order chi connectivity index (χ0) is 13.1. The maximum atomic E-state index is 6.15. The first-order chi connectivity index (χ1) is 8.59. The summed E-state index contributed by atoms with van der Waals surface area (Å²) in [5.74, 6) is 2.62. The van der Waals surface area contributed by atoms with Gasteiger partial charge in [-0.05, 0) is 49.7 Å². The second-order valence-electron chi connectivity index (χ2n) is 5.79. The molecule has 1 fully saturated rings. The fourth-order valence-corrected chi connectivity index (χ4v) is 2.81. The minimum absolute atomic E-state index is 0.785. The Kier molecular flexibility index (Phi) is 4.10. The summed E-state index contributed by atoms with van der Waals surface area (Å²) in [6, 6.07) is 1.98. The molecule has 0 saturated carbocycles. The summed E-state index contributed by atoms with van der Waals surface area (Å²) in [6.07, 6.45) is 5.70. The van der Waals surface area contributed by atoms with Crippen LogP contribution in [0, 0.1) is 18.8 Å². The molecular formula is C15H25N3. The van der Waals surface area contributed by atoms with Gasteiger partial charge in [-0.25, -0.2) is 4.98 Å². The van der Waals surface area contributed by atoms with E-state index >= 15 is 0 Å². The van der Waals surface area contributed by atoms with Gasteiger partial charge >= 0.3 is 0 Å². The molecule has 2 rings (SSSR count). The molecule has 0 radical (unpaired) electrons. The zero-order valence-corrected chi connectivity index (χ0v) is 11.8. The molecule has 0 bridgehead atoms. The number of nitrogens with zero attached hydrogens (tertiary/aromatic N) is 2. The van der Waals surface area contributed by atoms with Gasteiger partial charge < -0.3 is 10.6 Å². The van der Waals surface area contributed by atoms with E-state index in [1.54, 1.807) is 0 Å². The van der Waals surface area contributed by atoms with Crippen LogP contribution >= 0.6 is 0 Å². The van der Waals surface area contributed by atoms with E-state index in [4.69, 9.17) is 5.73 Å². The lowest BCUT2D eigenvalue weighted by Gasteiger charge is -2.24. The lowest BCUT2D eigenvalue weighted by atomic mass is 9.89. The van der Waals surface area contributed by atoms with Crippen LogP contribution in [0.4, 0.5) is 11.5 Å². The molecule has 2 N–H and O–H groups in total. The molecule has 3 nitrogen and oxygen atoms in total. The maximum absolute atomic E-state index is 6.15. The zero-order valence-electron chi connectivity index (χ0n) is 11.8. The van der Waals surface area contributed by atoms with Crippen molar-refractivity contribution >= 4 is 11.5 Å². The Morgan fingerprint density at radius 1 is 1.33 bits per heavy atom. The fourth-order valence-electron chi connectivity index (χ4n) is 2.81. The number of aromatic nitrogens is 1. The maximum Gasteiger partial charge on any atom is 0.152 e. The van der Waals surface area contributed by atoms with Crippen LogP contribution in [0.15, 0.2) is 12.3 Å². The number of hydrogen-bond acceptors (Lipinski definition) is 3. The van der Waals surface area contributed by atoms with Gasteiger partial charge in [-0.1, -0.05) is 13.8 Å². The summed E-state index contributed by atoms with van der Waals surface area (Å²) >= 11 is 0. The lowest BCUT2D eigenvalue weighted by molar-refractivity contribution is 0.351. The highest BCUT2D eigenvalue weighted by molar-refractivity contribution is 5.66. The number of hydrogen-bond donors (Lipinski definition) is 1. The van der Waals surface area contributed by atoms with Crippen molar-refractivity contribution in [1.82, 2.24) is 4.98 Å². The summed E-state index contributed by atoms with van der Waals surface area (Å²) in [6.45, 7) is 8.89. The molecule has 1 aliphatic heterocycles. The summed E-state index contributed by atoms with van der Waals surface area (Å²) in [4.78, 5) is 6.84. The van der Waals surface area contributed by atoms with E-state index in [1.807, 2.05) is 12.3 Å². The molecule has 1 unspecified atom stereocenters.